The number of hydrogen-bond donors (Lipinski definition) is 1. The fraction of sp³-hybridized carbons (Fsp3) is 0.188. The number of esters is 1. The Kier molecular flexibility index (Phi) is 4.31. The van der Waals surface area contributed by atoms with E-state index < -0.39 is 12.1 Å². The van der Waals surface area contributed by atoms with Gasteiger partial charge in [-0.1, -0.05) is 54.6 Å². The van der Waals surface area contributed by atoms with E-state index in [1.165, 1.54) is 7.11 Å². The summed E-state index contributed by atoms with van der Waals surface area (Å²) in [5, 5.41) is 9.66. The molecule has 0 radical (unpaired) electrons. The van der Waals surface area contributed by atoms with Gasteiger partial charge < -0.3 is 9.84 Å². The van der Waals surface area contributed by atoms with Crippen LogP contribution in [-0.2, 0) is 16.0 Å². The largest absolute Gasteiger partial charge is 0.467 e. The summed E-state index contributed by atoms with van der Waals surface area (Å²) in [7, 11) is 1.27. The van der Waals surface area contributed by atoms with E-state index >= 15 is 0 Å². The molecule has 0 saturated heterocycles. The van der Waals surface area contributed by atoms with Crippen LogP contribution in [0.1, 0.15) is 5.56 Å². The normalized spacial score (nSPS) is 11.9. The van der Waals surface area contributed by atoms with Gasteiger partial charge in [0.15, 0.2) is 6.10 Å². The Morgan fingerprint density at radius 1 is 1.11 bits per heavy atom. The third kappa shape index (κ3) is 3.42. The molecule has 0 saturated carbocycles. The van der Waals surface area contributed by atoms with Gasteiger partial charge in [0.2, 0.25) is 0 Å². The standard InChI is InChI=1S/C16H16O3/c1-19-16(18)15(17)11-12-6-5-9-14(10-12)13-7-3-2-4-8-13/h2-10,15,17H,11H2,1H3. The molecule has 1 unspecified atom stereocenters. The van der Waals surface area contributed by atoms with Gasteiger partial charge in [0.1, 0.15) is 0 Å². The lowest BCUT2D eigenvalue weighted by Gasteiger charge is -2.09. The summed E-state index contributed by atoms with van der Waals surface area (Å²) in [6, 6.07) is 17.8. The van der Waals surface area contributed by atoms with Crippen molar-refractivity contribution < 1.29 is 14.6 Å². The van der Waals surface area contributed by atoms with Crippen LogP contribution in [0.3, 0.4) is 0 Å². The highest BCUT2D eigenvalue weighted by Gasteiger charge is 2.15. The number of benzene rings is 2. The molecule has 1 N–H and O–H groups in total. The van der Waals surface area contributed by atoms with E-state index in [4.69, 9.17) is 0 Å². The van der Waals surface area contributed by atoms with Gasteiger partial charge in [0.25, 0.3) is 0 Å². The van der Waals surface area contributed by atoms with Crippen molar-refractivity contribution in [3.63, 3.8) is 0 Å². The molecule has 1 atom stereocenters. The van der Waals surface area contributed by atoms with Crippen LogP contribution in [0.5, 0.6) is 0 Å². The summed E-state index contributed by atoms with van der Waals surface area (Å²) >= 11 is 0. The molecule has 2 aromatic rings. The molecule has 0 bridgehead atoms. The highest BCUT2D eigenvalue weighted by atomic mass is 16.5. The van der Waals surface area contributed by atoms with E-state index in [-0.39, 0.29) is 6.42 Å². The van der Waals surface area contributed by atoms with E-state index in [1.807, 2.05) is 54.6 Å². The lowest BCUT2D eigenvalue weighted by atomic mass is 10.0. The van der Waals surface area contributed by atoms with E-state index in [9.17, 15) is 9.90 Å². The molecule has 0 heterocycles. The number of rotatable bonds is 4. The molecule has 98 valence electrons. The van der Waals surface area contributed by atoms with Crippen molar-refractivity contribution in [2.75, 3.05) is 7.11 Å². The monoisotopic (exact) mass is 256 g/mol. The molecule has 0 aliphatic carbocycles. The van der Waals surface area contributed by atoms with E-state index in [0.717, 1.165) is 16.7 Å². The summed E-state index contributed by atoms with van der Waals surface area (Å²) in [6.07, 6.45) is -0.858. The molecule has 0 aromatic heterocycles. The third-order valence-electron chi connectivity index (χ3n) is 2.94. The predicted molar refractivity (Wildman–Crippen MR) is 73.6 cm³/mol. The van der Waals surface area contributed by atoms with Gasteiger partial charge in [-0.3, -0.25) is 0 Å². The predicted octanol–water partition coefficient (Wildman–Crippen LogP) is 2.43. The van der Waals surface area contributed by atoms with Crippen LogP contribution in [-0.4, -0.2) is 24.3 Å². The summed E-state index contributed by atoms with van der Waals surface area (Å²) in [5.74, 6) is -0.606. The maximum Gasteiger partial charge on any atom is 0.335 e. The average molecular weight is 256 g/mol. The van der Waals surface area contributed by atoms with Gasteiger partial charge >= 0.3 is 5.97 Å². The Balaban J connectivity index is 2.18. The number of carbonyl (C=O) groups is 1. The number of ether oxygens (including phenoxy) is 1. The van der Waals surface area contributed by atoms with Gasteiger partial charge in [0.05, 0.1) is 7.11 Å². The molecular formula is C16H16O3. The van der Waals surface area contributed by atoms with Crippen molar-refractivity contribution >= 4 is 5.97 Å². The fourth-order valence-corrected chi connectivity index (χ4v) is 1.95. The molecule has 3 nitrogen and oxygen atoms in total. The zero-order valence-electron chi connectivity index (χ0n) is 10.7. The number of carbonyl (C=O) groups excluding carboxylic acids is 1. The van der Waals surface area contributed by atoms with Crippen molar-refractivity contribution in [1.82, 2.24) is 0 Å². The van der Waals surface area contributed by atoms with Gasteiger partial charge in [0, 0.05) is 6.42 Å². The lowest BCUT2D eigenvalue weighted by Crippen LogP contribution is -2.24. The zero-order chi connectivity index (χ0) is 13.7. The minimum absolute atomic E-state index is 0.257. The summed E-state index contributed by atoms with van der Waals surface area (Å²) in [5.41, 5.74) is 3.08. The summed E-state index contributed by atoms with van der Waals surface area (Å²) in [4.78, 5) is 11.2. The molecule has 0 amide bonds. The SMILES string of the molecule is COC(=O)C(O)Cc1cccc(-c2ccccc2)c1. The molecule has 0 aliphatic heterocycles. The average Bonchev–Trinajstić information content (AvgIpc) is 2.47. The Morgan fingerprint density at radius 3 is 2.47 bits per heavy atom. The number of aliphatic hydroxyl groups is 1. The topological polar surface area (TPSA) is 46.5 Å². The first-order valence-corrected chi connectivity index (χ1v) is 6.11. The Hall–Kier alpha value is -2.13. The summed E-state index contributed by atoms with van der Waals surface area (Å²) in [6.45, 7) is 0. The summed E-state index contributed by atoms with van der Waals surface area (Å²) < 4.78 is 4.51. The number of aliphatic hydroxyl groups excluding tert-OH is 1. The quantitative estimate of drug-likeness (QED) is 0.855. The van der Waals surface area contributed by atoms with Crippen LogP contribution in [0.25, 0.3) is 11.1 Å². The third-order valence-corrected chi connectivity index (χ3v) is 2.94. The van der Waals surface area contributed by atoms with Crippen molar-refractivity contribution in [1.29, 1.82) is 0 Å². The Bertz CT molecular complexity index is 549. The number of hydrogen-bond acceptors (Lipinski definition) is 3. The van der Waals surface area contributed by atoms with E-state index in [1.54, 1.807) is 0 Å². The van der Waals surface area contributed by atoms with E-state index in [2.05, 4.69) is 4.74 Å². The molecule has 2 aromatic carbocycles. The molecule has 2 rings (SSSR count). The van der Waals surface area contributed by atoms with Gasteiger partial charge in [-0.25, -0.2) is 4.79 Å². The van der Waals surface area contributed by atoms with Crippen LogP contribution in [0.15, 0.2) is 54.6 Å². The Labute approximate surface area is 112 Å². The van der Waals surface area contributed by atoms with Crippen molar-refractivity contribution in [2.24, 2.45) is 0 Å². The fourth-order valence-electron chi connectivity index (χ4n) is 1.95. The molecule has 3 heteroatoms. The molecule has 0 aliphatic rings. The van der Waals surface area contributed by atoms with Crippen molar-refractivity contribution in [2.45, 2.75) is 12.5 Å². The van der Waals surface area contributed by atoms with Crippen LogP contribution < -0.4 is 0 Å². The van der Waals surface area contributed by atoms with Gasteiger partial charge in [-0.15, -0.1) is 0 Å². The second-order valence-electron chi connectivity index (χ2n) is 4.31. The number of methoxy groups -OCH3 is 1. The maximum absolute atomic E-state index is 11.2. The molecule has 0 spiro atoms. The first-order valence-electron chi connectivity index (χ1n) is 6.11. The lowest BCUT2D eigenvalue weighted by molar-refractivity contribution is -0.150. The minimum atomic E-state index is -1.11. The highest BCUT2D eigenvalue weighted by Crippen LogP contribution is 2.20. The van der Waals surface area contributed by atoms with Crippen LogP contribution in [0.2, 0.25) is 0 Å². The van der Waals surface area contributed by atoms with Crippen LogP contribution in [0.4, 0.5) is 0 Å². The zero-order valence-corrected chi connectivity index (χ0v) is 10.7. The second kappa shape index (κ2) is 6.16. The minimum Gasteiger partial charge on any atom is -0.467 e. The van der Waals surface area contributed by atoms with Gasteiger partial charge in [-0.2, -0.15) is 0 Å². The van der Waals surface area contributed by atoms with Gasteiger partial charge in [-0.05, 0) is 16.7 Å². The first-order chi connectivity index (χ1) is 9.20. The second-order valence-corrected chi connectivity index (χ2v) is 4.31. The van der Waals surface area contributed by atoms with Crippen molar-refractivity contribution in [3.05, 3.63) is 60.2 Å². The maximum atomic E-state index is 11.2. The smallest absolute Gasteiger partial charge is 0.335 e. The first kappa shape index (κ1) is 13.3. The van der Waals surface area contributed by atoms with Crippen molar-refractivity contribution in [3.8, 4) is 11.1 Å². The van der Waals surface area contributed by atoms with Crippen LogP contribution in [0, 0.1) is 0 Å². The Morgan fingerprint density at radius 2 is 1.79 bits per heavy atom. The molecule has 19 heavy (non-hydrogen) atoms. The highest BCUT2D eigenvalue weighted by molar-refractivity contribution is 5.74. The molecular weight excluding hydrogens is 240 g/mol. The van der Waals surface area contributed by atoms with Crippen LogP contribution >= 0.6 is 0 Å². The molecule has 0 fully saturated rings. The van der Waals surface area contributed by atoms with E-state index in [0.29, 0.717) is 0 Å².